The van der Waals surface area contributed by atoms with E-state index < -0.39 is 0 Å². The van der Waals surface area contributed by atoms with Crippen molar-refractivity contribution in [2.45, 2.75) is 47.0 Å². The van der Waals surface area contributed by atoms with Crippen LogP contribution in [0.4, 0.5) is 0 Å². The molecule has 1 aliphatic rings. The molecule has 0 N–H and O–H groups in total. The van der Waals surface area contributed by atoms with Crippen LogP contribution >= 0.6 is 0 Å². The number of aryl methyl sites for hydroxylation is 1. The first-order chi connectivity index (χ1) is 8.18. The molecule has 17 heavy (non-hydrogen) atoms. The van der Waals surface area contributed by atoms with Crippen LogP contribution in [-0.4, -0.2) is 0 Å². The molecule has 1 aromatic rings. The van der Waals surface area contributed by atoms with E-state index in [1.165, 1.54) is 22.3 Å². The van der Waals surface area contributed by atoms with Crippen molar-refractivity contribution in [3.05, 3.63) is 46.5 Å². The van der Waals surface area contributed by atoms with Gasteiger partial charge in [0.15, 0.2) is 0 Å². The molecule has 0 saturated heterocycles. The van der Waals surface area contributed by atoms with E-state index in [4.69, 9.17) is 0 Å². The van der Waals surface area contributed by atoms with Crippen LogP contribution in [0.5, 0.6) is 0 Å². The van der Waals surface area contributed by atoms with Gasteiger partial charge in [0, 0.05) is 0 Å². The molecular formula is C17H24. The largest absolute Gasteiger partial charge is 0.0801 e. The van der Waals surface area contributed by atoms with E-state index in [9.17, 15) is 0 Å². The van der Waals surface area contributed by atoms with Crippen molar-refractivity contribution < 1.29 is 0 Å². The monoisotopic (exact) mass is 228 g/mol. The minimum Gasteiger partial charge on any atom is -0.0801 e. The fourth-order valence-electron chi connectivity index (χ4n) is 2.14. The summed E-state index contributed by atoms with van der Waals surface area (Å²) in [5.74, 6) is 0.607. The molecule has 0 heteroatoms. The molecular weight excluding hydrogens is 204 g/mol. The van der Waals surface area contributed by atoms with Gasteiger partial charge in [-0.15, -0.1) is 0 Å². The van der Waals surface area contributed by atoms with Gasteiger partial charge in [-0.1, -0.05) is 64.1 Å². The second-order valence-electron chi connectivity index (χ2n) is 4.53. The molecule has 0 nitrogen and oxygen atoms in total. The van der Waals surface area contributed by atoms with Crippen molar-refractivity contribution in [3.63, 3.8) is 0 Å². The molecule has 2 rings (SSSR count). The minimum absolute atomic E-state index is 0.607. The summed E-state index contributed by atoms with van der Waals surface area (Å²) in [7, 11) is 0. The molecule has 0 aliphatic heterocycles. The van der Waals surface area contributed by atoms with Crippen molar-refractivity contribution in [1.82, 2.24) is 0 Å². The highest BCUT2D eigenvalue weighted by Gasteiger charge is 2.07. The van der Waals surface area contributed by atoms with E-state index in [-0.39, 0.29) is 0 Å². The lowest BCUT2D eigenvalue weighted by molar-refractivity contribution is 0.856. The average Bonchev–Trinajstić information content (AvgIpc) is 2.55. The van der Waals surface area contributed by atoms with E-state index in [0.29, 0.717) is 5.92 Å². The van der Waals surface area contributed by atoms with Gasteiger partial charge in [0.05, 0.1) is 0 Å². The Morgan fingerprint density at radius 3 is 2.00 bits per heavy atom. The fraction of sp³-hybridized carbons (Fsp3) is 0.412. The maximum atomic E-state index is 2.33. The van der Waals surface area contributed by atoms with Crippen LogP contribution < -0.4 is 0 Å². The number of hydrogen-bond donors (Lipinski definition) is 0. The number of rotatable bonds is 1. The van der Waals surface area contributed by atoms with Crippen LogP contribution in [0.25, 0.3) is 12.2 Å². The average molecular weight is 228 g/mol. The van der Waals surface area contributed by atoms with E-state index >= 15 is 0 Å². The van der Waals surface area contributed by atoms with Gasteiger partial charge >= 0.3 is 0 Å². The molecule has 0 bridgehead atoms. The molecule has 1 aliphatic carbocycles. The molecule has 0 atom stereocenters. The molecule has 0 heterocycles. The predicted molar refractivity (Wildman–Crippen MR) is 79.3 cm³/mol. The van der Waals surface area contributed by atoms with Crippen LogP contribution in [-0.2, 0) is 0 Å². The molecule has 1 aromatic carbocycles. The third-order valence-corrected chi connectivity index (χ3v) is 2.96. The quantitative estimate of drug-likeness (QED) is 0.589. The summed E-state index contributed by atoms with van der Waals surface area (Å²) in [6.45, 7) is 10.7. The Labute approximate surface area is 106 Å². The zero-order valence-electron chi connectivity index (χ0n) is 11.7. The summed E-state index contributed by atoms with van der Waals surface area (Å²) in [5.41, 5.74) is 5.58. The maximum Gasteiger partial charge on any atom is -0.0162 e. The summed E-state index contributed by atoms with van der Waals surface area (Å²) in [4.78, 5) is 0. The van der Waals surface area contributed by atoms with E-state index in [2.05, 4.69) is 57.2 Å². The summed E-state index contributed by atoms with van der Waals surface area (Å²) in [6.07, 6.45) is 9.95. The highest BCUT2D eigenvalue weighted by molar-refractivity contribution is 5.69. The first-order valence-electron chi connectivity index (χ1n) is 6.66. The van der Waals surface area contributed by atoms with Crippen molar-refractivity contribution in [1.29, 1.82) is 0 Å². The minimum atomic E-state index is 0.607. The van der Waals surface area contributed by atoms with Crippen molar-refractivity contribution in [2.24, 2.45) is 0 Å². The SMILES string of the molecule is CC.Cc1cc2c(cc1C(C)C)C=CCC=C2. The number of benzene rings is 1. The van der Waals surface area contributed by atoms with E-state index in [0.717, 1.165) is 6.42 Å². The van der Waals surface area contributed by atoms with Crippen molar-refractivity contribution in [2.75, 3.05) is 0 Å². The zero-order chi connectivity index (χ0) is 12.8. The second-order valence-corrected chi connectivity index (χ2v) is 4.53. The lowest BCUT2D eigenvalue weighted by atomic mass is 9.92. The Balaban J connectivity index is 0.000000686. The first-order valence-corrected chi connectivity index (χ1v) is 6.66. The van der Waals surface area contributed by atoms with E-state index in [1.807, 2.05) is 13.8 Å². The topological polar surface area (TPSA) is 0 Å². The van der Waals surface area contributed by atoms with Crippen LogP contribution in [0.15, 0.2) is 24.3 Å². The van der Waals surface area contributed by atoms with Gasteiger partial charge in [0.1, 0.15) is 0 Å². The highest BCUT2D eigenvalue weighted by Crippen LogP contribution is 2.26. The Morgan fingerprint density at radius 2 is 1.47 bits per heavy atom. The van der Waals surface area contributed by atoms with Crippen LogP contribution in [0.2, 0.25) is 0 Å². The number of fused-ring (bicyclic) bond motifs is 1. The third kappa shape index (κ3) is 3.33. The molecule has 0 unspecified atom stereocenters. The molecule has 0 fully saturated rings. The molecule has 0 spiro atoms. The maximum absolute atomic E-state index is 2.33. The predicted octanol–water partition coefficient (Wildman–Crippen LogP) is 5.57. The first kappa shape index (κ1) is 13.8. The molecule has 92 valence electrons. The summed E-state index contributed by atoms with van der Waals surface area (Å²) < 4.78 is 0. The van der Waals surface area contributed by atoms with Gasteiger partial charge in [-0.2, -0.15) is 0 Å². The van der Waals surface area contributed by atoms with Gasteiger partial charge in [0.2, 0.25) is 0 Å². The second kappa shape index (κ2) is 6.44. The standard InChI is InChI=1S/C15H18.C2H6/c1-11(2)15-10-14-8-6-4-5-7-13(14)9-12(15)3;1-2/h5-11H,4H2,1-3H3;1-2H3. The molecule has 0 radical (unpaired) electrons. The van der Waals surface area contributed by atoms with Gasteiger partial charge in [-0.05, 0) is 41.5 Å². The summed E-state index contributed by atoms with van der Waals surface area (Å²) in [6, 6.07) is 4.64. The zero-order valence-corrected chi connectivity index (χ0v) is 11.7. The molecule has 0 saturated carbocycles. The summed E-state index contributed by atoms with van der Waals surface area (Å²) in [5, 5.41) is 0. The Morgan fingerprint density at radius 1 is 0.941 bits per heavy atom. The van der Waals surface area contributed by atoms with Gasteiger partial charge in [0.25, 0.3) is 0 Å². The lowest BCUT2D eigenvalue weighted by Gasteiger charge is -2.13. The highest BCUT2D eigenvalue weighted by atomic mass is 14.1. The Hall–Kier alpha value is -1.30. The van der Waals surface area contributed by atoms with Gasteiger partial charge in [-0.25, -0.2) is 0 Å². The van der Waals surface area contributed by atoms with Crippen LogP contribution in [0.1, 0.15) is 62.3 Å². The van der Waals surface area contributed by atoms with Crippen LogP contribution in [0, 0.1) is 6.92 Å². The lowest BCUT2D eigenvalue weighted by Crippen LogP contribution is -1.94. The third-order valence-electron chi connectivity index (χ3n) is 2.96. The molecule has 0 aromatic heterocycles. The van der Waals surface area contributed by atoms with Gasteiger partial charge in [-0.3, -0.25) is 0 Å². The Bertz CT molecular complexity index is 420. The normalized spacial score (nSPS) is 12.8. The number of hydrogen-bond acceptors (Lipinski definition) is 0. The Kier molecular flexibility index (Phi) is 5.21. The molecule has 0 amide bonds. The fourth-order valence-corrected chi connectivity index (χ4v) is 2.14. The smallest absolute Gasteiger partial charge is 0.0162 e. The van der Waals surface area contributed by atoms with Crippen molar-refractivity contribution >= 4 is 12.2 Å². The van der Waals surface area contributed by atoms with E-state index in [1.54, 1.807) is 0 Å². The van der Waals surface area contributed by atoms with Gasteiger partial charge < -0.3 is 0 Å². The van der Waals surface area contributed by atoms with Crippen LogP contribution in [0.3, 0.4) is 0 Å². The van der Waals surface area contributed by atoms with Crippen molar-refractivity contribution in [3.8, 4) is 0 Å². The summed E-state index contributed by atoms with van der Waals surface area (Å²) >= 11 is 0. The number of allylic oxidation sites excluding steroid dienone is 2.